The van der Waals surface area contributed by atoms with Crippen molar-refractivity contribution in [2.45, 2.75) is 13.5 Å². The summed E-state index contributed by atoms with van der Waals surface area (Å²) >= 11 is 1.70. The fraction of sp³-hybridized carbons (Fsp3) is 0.333. The van der Waals surface area contributed by atoms with Crippen molar-refractivity contribution in [2.24, 2.45) is 0 Å². The zero-order chi connectivity index (χ0) is 16.5. The van der Waals surface area contributed by atoms with Crippen molar-refractivity contribution in [3.63, 3.8) is 0 Å². The molecule has 0 saturated carbocycles. The number of aryl methyl sites for hydroxylation is 1. The molecular weight excluding hydrogens is 320 g/mol. The van der Waals surface area contributed by atoms with E-state index in [1.807, 2.05) is 12.1 Å². The second kappa shape index (κ2) is 6.47. The van der Waals surface area contributed by atoms with Gasteiger partial charge in [0, 0.05) is 30.1 Å². The average Bonchev–Trinajstić information content (AvgIpc) is 2.99. The number of thiophene rings is 1. The van der Waals surface area contributed by atoms with Crippen LogP contribution in [0.5, 0.6) is 0 Å². The maximum Gasteiger partial charge on any atom is 0.163 e. The molecule has 6 heteroatoms. The number of hydrogen-bond donors (Lipinski definition) is 1. The van der Waals surface area contributed by atoms with Crippen LogP contribution in [0.1, 0.15) is 10.4 Å². The molecule has 0 unspecified atom stereocenters. The molecule has 0 bridgehead atoms. The highest BCUT2D eigenvalue weighted by Crippen LogP contribution is 2.31. The van der Waals surface area contributed by atoms with Gasteiger partial charge in [-0.25, -0.2) is 9.97 Å². The van der Waals surface area contributed by atoms with Crippen molar-refractivity contribution >= 4 is 27.4 Å². The van der Waals surface area contributed by atoms with Crippen LogP contribution in [0.2, 0.25) is 0 Å². The molecule has 124 valence electrons. The Morgan fingerprint density at radius 2 is 2.04 bits per heavy atom. The van der Waals surface area contributed by atoms with E-state index in [4.69, 9.17) is 15.5 Å². The van der Waals surface area contributed by atoms with Gasteiger partial charge in [0.05, 0.1) is 18.6 Å². The van der Waals surface area contributed by atoms with Crippen LogP contribution >= 0.6 is 11.3 Å². The highest BCUT2D eigenvalue weighted by atomic mass is 32.1. The number of fused-ring (bicyclic) bond motifs is 1. The summed E-state index contributed by atoms with van der Waals surface area (Å²) in [5, 5.41) is 0.958. The maximum absolute atomic E-state index is 6.20. The minimum absolute atomic E-state index is 0.556. The number of aromatic nitrogens is 2. The van der Waals surface area contributed by atoms with E-state index >= 15 is 0 Å². The Kier molecular flexibility index (Phi) is 4.18. The molecule has 1 fully saturated rings. The number of ether oxygens (including phenoxy) is 1. The van der Waals surface area contributed by atoms with Crippen molar-refractivity contribution in [3.05, 3.63) is 40.8 Å². The molecule has 1 saturated heterocycles. The highest BCUT2D eigenvalue weighted by molar-refractivity contribution is 7.18. The van der Waals surface area contributed by atoms with Crippen LogP contribution in [-0.2, 0) is 11.3 Å². The van der Waals surface area contributed by atoms with Crippen LogP contribution in [-0.4, -0.2) is 41.2 Å². The zero-order valence-electron chi connectivity index (χ0n) is 13.7. The lowest BCUT2D eigenvalue weighted by Gasteiger charge is -2.25. The van der Waals surface area contributed by atoms with Gasteiger partial charge in [0.15, 0.2) is 5.82 Å². The Morgan fingerprint density at radius 3 is 2.83 bits per heavy atom. The lowest BCUT2D eigenvalue weighted by atomic mass is 10.1. The summed E-state index contributed by atoms with van der Waals surface area (Å²) in [7, 11) is 0. The molecule has 1 aromatic carbocycles. The first kappa shape index (κ1) is 15.5. The number of hydrogen-bond acceptors (Lipinski definition) is 6. The molecule has 3 heterocycles. The number of nitrogens with two attached hydrogens (primary N) is 1. The number of nitrogens with zero attached hydrogens (tertiary/aromatic N) is 3. The van der Waals surface area contributed by atoms with Gasteiger partial charge in [-0.1, -0.05) is 23.8 Å². The second-order valence-electron chi connectivity index (χ2n) is 6.12. The van der Waals surface area contributed by atoms with Gasteiger partial charge in [-0.15, -0.1) is 11.3 Å². The molecule has 0 aliphatic carbocycles. The van der Waals surface area contributed by atoms with Crippen LogP contribution in [0.4, 0.5) is 5.82 Å². The predicted octanol–water partition coefficient (Wildman–Crippen LogP) is 3.08. The normalized spacial score (nSPS) is 15.9. The molecule has 4 rings (SSSR count). The van der Waals surface area contributed by atoms with E-state index in [-0.39, 0.29) is 0 Å². The Hall–Kier alpha value is -2.02. The van der Waals surface area contributed by atoms with E-state index in [0.29, 0.717) is 11.6 Å². The van der Waals surface area contributed by atoms with Crippen LogP contribution in [0.15, 0.2) is 30.3 Å². The highest BCUT2D eigenvalue weighted by Gasteiger charge is 2.15. The minimum Gasteiger partial charge on any atom is -0.383 e. The molecule has 1 aliphatic rings. The molecule has 0 amide bonds. The number of rotatable bonds is 3. The van der Waals surface area contributed by atoms with E-state index < -0.39 is 0 Å². The Labute approximate surface area is 145 Å². The quantitative estimate of drug-likeness (QED) is 0.794. The van der Waals surface area contributed by atoms with Crippen molar-refractivity contribution in [1.82, 2.24) is 14.9 Å². The van der Waals surface area contributed by atoms with Gasteiger partial charge in [-0.3, -0.25) is 4.90 Å². The van der Waals surface area contributed by atoms with E-state index in [2.05, 4.69) is 35.0 Å². The zero-order valence-corrected chi connectivity index (χ0v) is 14.5. The minimum atomic E-state index is 0.556. The third-order valence-corrected chi connectivity index (χ3v) is 5.25. The topological polar surface area (TPSA) is 64.3 Å². The van der Waals surface area contributed by atoms with Crippen molar-refractivity contribution in [1.29, 1.82) is 0 Å². The summed E-state index contributed by atoms with van der Waals surface area (Å²) in [6.45, 7) is 6.56. The third kappa shape index (κ3) is 3.13. The fourth-order valence-electron chi connectivity index (χ4n) is 2.96. The van der Waals surface area contributed by atoms with Crippen LogP contribution in [0.3, 0.4) is 0 Å². The Balaban J connectivity index is 1.67. The Morgan fingerprint density at radius 1 is 1.21 bits per heavy atom. The molecule has 1 aliphatic heterocycles. The van der Waals surface area contributed by atoms with Gasteiger partial charge in [-0.2, -0.15) is 0 Å². The van der Waals surface area contributed by atoms with Gasteiger partial charge in [0.2, 0.25) is 0 Å². The monoisotopic (exact) mass is 340 g/mol. The van der Waals surface area contributed by atoms with Gasteiger partial charge in [0.1, 0.15) is 10.6 Å². The van der Waals surface area contributed by atoms with E-state index in [9.17, 15) is 0 Å². The summed E-state index contributed by atoms with van der Waals surface area (Å²) < 4.78 is 5.41. The van der Waals surface area contributed by atoms with Gasteiger partial charge in [0.25, 0.3) is 0 Å². The van der Waals surface area contributed by atoms with Crippen molar-refractivity contribution < 1.29 is 4.74 Å². The van der Waals surface area contributed by atoms with E-state index in [1.165, 1.54) is 10.4 Å². The molecule has 2 aromatic heterocycles. The Bertz CT molecular complexity index is 871. The first-order valence-electron chi connectivity index (χ1n) is 8.12. The number of benzene rings is 1. The molecule has 5 nitrogen and oxygen atoms in total. The molecule has 0 spiro atoms. The maximum atomic E-state index is 6.20. The second-order valence-corrected chi connectivity index (χ2v) is 7.24. The molecule has 3 aromatic rings. The van der Waals surface area contributed by atoms with E-state index in [0.717, 1.165) is 48.6 Å². The van der Waals surface area contributed by atoms with Crippen LogP contribution in [0, 0.1) is 6.92 Å². The van der Waals surface area contributed by atoms with Crippen molar-refractivity contribution in [2.75, 3.05) is 32.0 Å². The third-order valence-electron chi connectivity index (χ3n) is 4.23. The van der Waals surface area contributed by atoms with Gasteiger partial charge >= 0.3 is 0 Å². The van der Waals surface area contributed by atoms with Crippen molar-refractivity contribution in [3.8, 4) is 11.4 Å². The summed E-state index contributed by atoms with van der Waals surface area (Å²) in [5.41, 5.74) is 8.40. The van der Waals surface area contributed by atoms with Gasteiger partial charge in [-0.05, 0) is 19.1 Å². The molecule has 2 N–H and O–H groups in total. The van der Waals surface area contributed by atoms with E-state index in [1.54, 1.807) is 11.3 Å². The lowest BCUT2D eigenvalue weighted by molar-refractivity contribution is 0.0346. The van der Waals surface area contributed by atoms with Crippen LogP contribution in [0.25, 0.3) is 21.6 Å². The van der Waals surface area contributed by atoms with Crippen LogP contribution < -0.4 is 5.73 Å². The average molecular weight is 340 g/mol. The number of anilines is 1. The summed E-state index contributed by atoms with van der Waals surface area (Å²) in [6, 6.07) is 10.3. The number of nitrogen functional groups attached to an aromatic ring is 1. The SMILES string of the molecule is Cc1cccc(-c2nc(N)c3cc(CN4CCOCC4)sc3n2)c1. The van der Waals surface area contributed by atoms with Gasteiger partial charge < -0.3 is 10.5 Å². The number of morpholine rings is 1. The molecule has 24 heavy (non-hydrogen) atoms. The first-order chi connectivity index (χ1) is 11.7. The molecule has 0 atom stereocenters. The fourth-order valence-corrected chi connectivity index (χ4v) is 4.04. The summed E-state index contributed by atoms with van der Waals surface area (Å²) in [6.07, 6.45) is 0. The summed E-state index contributed by atoms with van der Waals surface area (Å²) in [5.74, 6) is 1.25. The smallest absolute Gasteiger partial charge is 0.163 e. The lowest BCUT2D eigenvalue weighted by Crippen LogP contribution is -2.35. The summed E-state index contributed by atoms with van der Waals surface area (Å²) in [4.78, 5) is 13.9. The molecular formula is C18H20N4OS. The standard InChI is InChI=1S/C18H20N4OS/c1-12-3-2-4-13(9-12)17-20-16(19)15-10-14(24-18(15)21-17)11-22-5-7-23-8-6-22/h2-4,9-10H,5-8,11H2,1H3,(H2,19,20,21). The first-order valence-corrected chi connectivity index (χ1v) is 8.94. The largest absolute Gasteiger partial charge is 0.383 e. The predicted molar refractivity (Wildman–Crippen MR) is 98.1 cm³/mol. The molecule has 0 radical (unpaired) electrons.